The molecule has 1 amide bonds. The van der Waals surface area contributed by atoms with E-state index in [4.69, 9.17) is 4.74 Å². The molecule has 0 aliphatic carbocycles. The number of hydrogen-bond acceptors (Lipinski definition) is 3. The number of carbonyl (C=O) groups is 2. The van der Waals surface area contributed by atoms with Gasteiger partial charge in [0.25, 0.3) is 0 Å². The Morgan fingerprint density at radius 1 is 1.41 bits per heavy atom. The van der Waals surface area contributed by atoms with E-state index in [2.05, 4.69) is 0 Å². The second-order valence-electron chi connectivity index (χ2n) is 3.92. The van der Waals surface area contributed by atoms with Crippen LogP contribution in [0, 0.1) is 5.82 Å². The third kappa shape index (κ3) is 2.43. The fraction of sp³-hybridized carbons (Fsp3) is 0.333. The molecule has 0 atom stereocenters. The minimum Gasteiger partial charge on any atom is -0.496 e. The average Bonchev–Trinajstić information content (AvgIpc) is 2.60. The minimum atomic E-state index is -0.394. The molecule has 1 aromatic rings. The average molecular weight is 237 g/mol. The molecular weight excluding hydrogens is 225 g/mol. The molecule has 4 nitrogen and oxygen atoms in total. The van der Waals surface area contributed by atoms with E-state index in [1.165, 1.54) is 24.1 Å². The Bertz CT molecular complexity index is 473. The van der Waals surface area contributed by atoms with Crippen molar-refractivity contribution in [3.05, 3.63) is 29.6 Å². The van der Waals surface area contributed by atoms with Crippen molar-refractivity contribution in [3.8, 4) is 5.75 Å². The van der Waals surface area contributed by atoms with E-state index in [0.29, 0.717) is 11.3 Å². The lowest BCUT2D eigenvalue weighted by Gasteiger charge is -2.16. The Kier molecular flexibility index (Phi) is 3.08. The van der Waals surface area contributed by atoms with E-state index in [1.807, 2.05) is 0 Å². The molecule has 1 aliphatic heterocycles. The van der Waals surface area contributed by atoms with Gasteiger partial charge in [-0.2, -0.15) is 0 Å². The summed E-state index contributed by atoms with van der Waals surface area (Å²) in [5.41, 5.74) is 0.692. The second-order valence-corrected chi connectivity index (χ2v) is 3.92. The van der Waals surface area contributed by atoms with Crippen LogP contribution < -0.4 is 4.74 Å². The third-order valence-corrected chi connectivity index (χ3v) is 2.68. The van der Waals surface area contributed by atoms with Gasteiger partial charge in [0, 0.05) is 18.2 Å². The van der Waals surface area contributed by atoms with Gasteiger partial charge in [-0.15, -0.1) is 0 Å². The zero-order chi connectivity index (χ0) is 12.4. The highest BCUT2D eigenvalue weighted by Crippen LogP contribution is 2.22. The van der Waals surface area contributed by atoms with Crippen molar-refractivity contribution >= 4 is 11.7 Å². The predicted molar refractivity (Wildman–Crippen MR) is 58.0 cm³/mol. The molecule has 5 heteroatoms. The van der Waals surface area contributed by atoms with Gasteiger partial charge < -0.3 is 9.64 Å². The van der Waals surface area contributed by atoms with E-state index in [0.717, 1.165) is 0 Å². The quantitative estimate of drug-likeness (QED) is 0.740. The monoisotopic (exact) mass is 237 g/mol. The molecule has 1 saturated heterocycles. The first-order valence-corrected chi connectivity index (χ1v) is 5.22. The molecule has 0 radical (unpaired) electrons. The van der Waals surface area contributed by atoms with Crippen LogP contribution in [0.15, 0.2) is 18.2 Å². The number of rotatable bonds is 3. The van der Waals surface area contributed by atoms with E-state index in [-0.39, 0.29) is 31.2 Å². The van der Waals surface area contributed by atoms with Crippen LogP contribution in [0.1, 0.15) is 12.0 Å². The van der Waals surface area contributed by atoms with Gasteiger partial charge in [-0.25, -0.2) is 4.39 Å². The van der Waals surface area contributed by atoms with Gasteiger partial charge in [0.2, 0.25) is 5.91 Å². The lowest BCUT2D eigenvalue weighted by atomic mass is 10.2. The van der Waals surface area contributed by atoms with Crippen LogP contribution >= 0.6 is 0 Å². The number of amides is 1. The number of Topliss-reactive ketones (excluding diaryl/α,β-unsaturated/α-hetero) is 1. The van der Waals surface area contributed by atoms with Gasteiger partial charge in [0.1, 0.15) is 11.6 Å². The first-order valence-electron chi connectivity index (χ1n) is 5.22. The summed E-state index contributed by atoms with van der Waals surface area (Å²) >= 11 is 0. The molecule has 1 aliphatic rings. The zero-order valence-corrected chi connectivity index (χ0v) is 9.40. The summed E-state index contributed by atoms with van der Waals surface area (Å²) in [6.45, 7) is 0.396. The molecule has 17 heavy (non-hydrogen) atoms. The SMILES string of the molecule is COc1cc(F)ccc1CN1CC(=O)CC1=O. The molecule has 90 valence electrons. The maximum Gasteiger partial charge on any atom is 0.230 e. The Hall–Kier alpha value is -1.91. The van der Waals surface area contributed by atoms with Crippen LogP contribution in [0.4, 0.5) is 4.39 Å². The lowest BCUT2D eigenvalue weighted by Crippen LogP contribution is -2.24. The van der Waals surface area contributed by atoms with Crippen LogP contribution in [-0.2, 0) is 16.1 Å². The summed E-state index contributed by atoms with van der Waals surface area (Å²) in [4.78, 5) is 24.0. The van der Waals surface area contributed by atoms with Crippen LogP contribution in [0.2, 0.25) is 0 Å². The highest BCUT2D eigenvalue weighted by molar-refractivity contribution is 6.05. The second kappa shape index (κ2) is 4.53. The number of hydrogen-bond donors (Lipinski definition) is 0. The molecule has 0 unspecified atom stereocenters. The van der Waals surface area contributed by atoms with E-state index in [1.54, 1.807) is 6.07 Å². The van der Waals surface area contributed by atoms with E-state index in [9.17, 15) is 14.0 Å². The Morgan fingerprint density at radius 3 is 2.76 bits per heavy atom. The largest absolute Gasteiger partial charge is 0.496 e. The number of methoxy groups -OCH3 is 1. The Balaban J connectivity index is 2.18. The summed E-state index contributed by atoms with van der Waals surface area (Å²) in [6.07, 6.45) is -0.0382. The fourth-order valence-corrected chi connectivity index (χ4v) is 1.84. The number of ketones is 1. The van der Waals surface area contributed by atoms with Crippen molar-refractivity contribution < 1.29 is 18.7 Å². The van der Waals surface area contributed by atoms with Crippen molar-refractivity contribution in [1.82, 2.24) is 4.90 Å². The highest BCUT2D eigenvalue weighted by atomic mass is 19.1. The molecule has 0 bridgehead atoms. The molecule has 0 saturated carbocycles. The van der Waals surface area contributed by atoms with Crippen molar-refractivity contribution in [3.63, 3.8) is 0 Å². The van der Waals surface area contributed by atoms with Crippen LogP contribution in [0.25, 0.3) is 0 Å². The van der Waals surface area contributed by atoms with Gasteiger partial charge in [-0.3, -0.25) is 9.59 Å². The van der Waals surface area contributed by atoms with Gasteiger partial charge >= 0.3 is 0 Å². The molecule has 0 aromatic heterocycles. The van der Waals surface area contributed by atoms with Crippen LogP contribution in [0.5, 0.6) is 5.75 Å². The standard InChI is InChI=1S/C12H12FNO3/c1-17-11-4-9(13)3-2-8(11)6-14-7-10(15)5-12(14)16/h2-4H,5-7H2,1H3. The summed E-state index contributed by atoms with van der Waals surface area (Å²) in [7, 11) is 1.44. The maximum atomic E-state index is 13.0. The van der Waals surface area contributed by atoms with Gasteiger partial charge in [0.05, 0.1) is 20.1 Å². The summed E-state index contributed by atoms with van der Waals surface area (Å²) in [6, 6.07) is 4.13. The summed E-state index contributed by atoms with van der Waals surface area (Å²) < 4.78 is 18.0. The maximum absolute atomic E-state index is 13.0. The first kappa shape index (κ1) is 11.6. The van der Waals surface area contributed by atoms with Gasteiger partial charge in [-0.05, 0) is 6.07 Å². The summed E-state index contributed by atoms with van der Waals surface area (Å²) in [5, 5.41) is 0. The molecule has 2 rings (SSSR count). The first-order chi connectivity index (χ1) is 8.10. The van der Waals surface area contributed by atoms with E-state index < -0.39 is 5.82 Å². The van der Waals surface area contributed by atoms with Crippen molar-refractivity contribution in [2.24, 2.45) is 0 Å². The number of benzene rings is 1. The van der Waals surface area contributed by atoms with Gasteiger partial charge in [-0.1, -0.05) is 6.07 Å². The van der Waals surface area contributed by atoms with Crippen LogP contribution in [0.3, 0.4) is 0 Å². The molecule has 0 spiro atoms. The fourth-order valence-electron chi connectivity index (χ4n) is 1.84. The molecule has 1 heterocycles. The summed E-state index contributed by atoms with van der Waals surface area (Å²) in [5.74, 6) is -0.288. The highest BCUT2D eigenvalue weighted by Gasteiger charge is 2.27. The third-order valence-electron chi connectivity index (χ3n) is 2.68. The molecule has 0 N–H and O–H groups in total. The Morgan fingerprint density at radius 2 is 2.18 bits per heavy atom. The lowest BCUT2D eigenvalue weighted by molar-refractivity contribution is -0.128. The van der Waals surface area contributed by atoms with Gasteiger partial charge in [0.15, 0.2) is 5.78 Å². The number of halogens is 1. The molecule has 1 fully saturated rings. The van der Waals surface area contributed by atoms with Crippen LogP contribution in [-0.4, -0.2) is 30.2 Å². The number of ether oxygens (including phenoxy) is 1. The number of likely N-dealkylation sites (tertiary alicyclic amines) is 1. The topological polar surface area (TPSA) is 46.6 Å². The van der Waals surface area contributed by atoms with Crippen molar-refractivity contribution in [2.75, 3.05) is 13.7 Å². The number of carbonyl (C=O) groups excluding carboxylic acids is 2. The number of nitrogens with zero attached hydrogens (tertiary/aromatic N) is 1. The zero-order valence-electron chi connectivity index (χ0n) is 9.40. The van der Waals surface area contributed by atoms with E-state index >= 15 is 0 Å². The normalized spacial score (nSPS) is 15.5. The smallest absolute Gasteiger partial charge is 0.230 e. The van der Waals surface area contributed by atoms with Crippen molar-refractivity contribution in [2.45, 2.75) is 13.0 Å². The minimum absolute atomic E-state index is 0.0382. The molecule has 1 aromatic carbocycles. The van der Waals surface area contributed by atoms with Crippen molar-refractivity contribution in [1.29, 1.82) is 0 Å². The molecular formula is C12H12FNO3. The predicted octanol–water partition coefficient (Wildman–Crippen LogP) is 1.14. The Labute approximate surface area is 98.0 Å².